The maximum Gasteiger partial charge on any atom is 0.297 e. The maximum absolute atomic E-state index is 9.81. The number of hydrogen-bond acceptors (Lipinski definition) is 4. The summed E-state index contributed by atoms with van der Waals surface area (Å²) in [7, 11) is 0. The summed E-state index contributed by atoms with van der Waals surface area (Å²) in [5.74, 6) is 0. The summed E-state index contributed by atoms with van der Waals surface area (Å²) in [4.78, 5) is 12.9. The van der Waals surface area contributed by atoms with E-state index in [1.165, 1.54) is 6.08 Å². The monoisotopic (exact) mass is 195 g/mol. The van der Waals surface area contributed by atoms with Gasteiger partial charge < -0.3 is 14.9 Å². The molecule has 0 spiro atoms. The second kappa shape index (κ2) is 4.05. The Morgan fingerprint density at radius 1 is 1.79 bits per heavy atom. The van der Waals surface area contributed by atoms with Gasteiger partial charge in [-0.05, 0) is 6.08 Å². The summed E-state index contributed by atoms with van der Waals surface area (Å²) < 4.78 is 4.24. The molecule has 5 heteroatoms. The van der Waals surface area contributed by atoms with Gasteiger partial charge in [-0.2, -0.15) is 0 Å². The molecule has 0 aliphatic heterocycles. The van der Waals surface area contributed by atoms with Gasteiger partial charge in [-0.1, -0.05) is 6.08 Å². The Balaban J connectivity index is 2.71. The van der Waals surface area contributed by atoms with Crippen LogP contribution in [0.25, 0.3) is 4.85 Å². The molecule has 0 aromatic heterocycles. The van der Waals surface area contributed by atoms with Crippen molar-refractivity contribution in [1.82, 2.24) is 0 Å². The molecular weight excluding hydrogens is 186 g/mol. The van der Waals surface area contributed by atoms with Crippen molar-refractivity contribution in [3.8, 4) is 0 Å². The summed E-state index contributed by atoms with van der Waals surface area (Å²) >= 11 is 0. The normalized spacial score (nSPS) is 31.2. The van der Waals surface area contributed by atoms with Crippen molar-refractivity contribution in [3.05, 3.63) is 35.5 Å². The Kier molecular flexibility index (Phi) is 3.02. The number of carbonyl (C=O) groups is 1. The predicted octanol–water partition coefficient (Wildman–Crippen LogP) is -0.0280. The first-order valence-electron chi connectivity index (χ1n) is 3.88. The number of aliphatic hydroxyl groups is 2. The number of rotatable bonds is 3. The van der Waals surface area contributed by atoms with Crippen LogP contribution in [0.2, 0.25) is 0 Å². The largest absolute Gasteiger partial charge is 0.437 e. The van der Waals surface area contributed by atoms with Crippen LogP contribution in [0.4, 0.5) is 0 Å². The molecule has 2 unspecified atom stereocenters. The molecule has 0 radical (unpaired) electrons. The molecule has 0 saturated heterocycles. The van der Waals surface area contributed by atoms with Crippen LogP contribution in [0.15, 0.2) is 24.1 Å². The van der Waals surface area contributed by atoms with E-state index in [9.17, 15) is 15.0 Å². The van der Waals surface area contributed by atoms with Gasteiger partial charge in [-0.15, -0.1) is 0 Å². The third-order valence-electron chi connectivity index (χ3n) is 1.96. The Morgan fingerprint density at radius 2 is 2.50 bits per heavy atom. The molecule has 1 aliphatic rings. The van der Waals surface area contributed by atoms with Crippen LogP contribution in [0.1, 0.15) is 6.42 Å². The molecule has 0 bridgehead atoms. The van der Waals surface area contributed by atoms with E-state index in [2.05, 4.69) is 9.58 Å². The number of carbonyl (C=O) groups excluding carboxylic acids is 1. The fourth-order valence-electron chi connectivity index (χ4n) is 1.20. The minimum Gasteiger partial charge on any atom is -0.437 e. The highest BCUT2D eigenvalue weighted by Gasteiger charge is 2.38. The summed E-state index contributed by atoms with van der Waals surface area (Å²) in [5, 5.41) is 19.1. The van der Waals surface area contributed by atoms with Crippen LogP contribution in [0.3, 0.4) is 0 Å². The van der Waals surface area contributed by atoms with Crippen LogP contribution in [-0.4, -0.2) is 28.4 Å². The van der Waals surface area contributed by atoms with Crippen molar-refractivity contribution < 1.29 is 19.7 Å². The molecule has 0 aromatic carbocycles. The van der Waals surface area contributed by atoms with Crippen LogP contribution in [-0.2, 0) is 9.53 Å². The minimum absolute atomic E-state index is 0.0242. The quantitative estimate of drug-likeness (QED) is 0.377. The van der Waals surface area contributed by atoms with Crippen molar-refractivity contribution in [2.45, 2.75) is 18.1 Å². The molecule has 14 heavy (non-hydrogen) atoms. The van der Waals surface area contributed by atoms with Crippen LogP contribution in [0.5, 0.6) is 0 Å². The summed E-state index contributed by atoms with van der Waals surface area (Å²) in [5.41, 5.74) is -1.25. The second-order valence-corrected chi connectivity index (χ2v) is 2.92. The minimum atomic E-state index is -1.54. The molecule has 2 N–H and O–H groups in total. The first-order chi connectivity index (χ1) is 6.62. The Bertz CT molecular complexity index is 328. The molecule has 2 atom stereocenters. The molecule has 1 aliphatic carbocycles. The zero-order chi connectivity index (χ0) is 10.6. The molecule has 0 saturated carbocycles. The van der Waals surface area contributed by atoms with E-state index in [0.717, 1.165) is 12.3 Å². The Labute approximate surface area is 80.7 Å². The van der Waals surface area contributed by atoms with Gasteiger partial charge in [-0.25, -0.2) is 4.85 Å². The van der Waals surface area contributed by atoms with Gasteiger partial charge in [0.15, 0.2) is 5.70 Å². The lowest BCUT2D eigenvalue weighted by Gasteiger charge is -2.22. The van der Waals surface area contributed by atoms with E-state index in [1.54, 1.807) is 0 Å². The number of ether oxygens (including phenoxy) is 1. The predicted molar refractivity (Wildman–Crippen MR) is 46.5 cm³/mol. The summed E-state index contributed by atoms with van der Waals surface area (Å²) in [6, 6.07) is 0. The van der Waals surface area contributed by atoms with Crippen LogP contribution >= 0.6 is 0 Å². The van der Waals surface area contributed by atoms with Crippen molar-refractivity contribution in [3.63, 3.8) is 0 Å². The second-order valence-electron chi connectivity index (χ2n) is 2.92. The highest BCUT2D eigenvalue weighted by Crippen LogP contribution is 2.31. The van der Waals surface area contributed by atoms with Crippen LogP contribution in [0, 0.1) is 6.57 Å². The van der Waals surface area contributed by atoms with E-state index in [4.69, 9.17) is 6.57 Å². The fraction of sp³-hybridized carbons (Fsp3) is 0.333. The third-order valence-corrected chi connectivity index (χ3v) is 1.96. The van der Waals surface area contributed by atoms with E-state index < -0.39 is 11.7 Å². The average molecular weight is 195 g/mol. The standard InChI is InChI=1S/C9H9NO4/c1-10-7-4-8(12)9(13,5-7)2-3-14-6-11/h2-4,6,8,12-13H,5H2/b3-2+. The third kappa shape index (κ3) is 1.99. The van der Waals surface area contributed by atoms with Crippen molar-refractivity contribution in [1.29, 1.82) is 0 Å². The molecular formula is C9H9NO4. The molecule has 5 nitrogen and oxygen atoms in total. The highest BCUT2D eigenvalue weighted by molar-refractivity contribution is 5.38. The average Bonchev–Trinajstić information content (AvgIpc) is 2.44. The maximum atomic E-state index is 9.81. The van der Waals surface area contributed by atoms with Gasteiger partial charge in [0.25, 0.3) is 6.47 Å². The van der Waals surface area contributed by atoms with Gasteiger partial charge >= 0.3 is 0 Å². The fourth-order valence-corrected chi connectivity index (χ4v) is 1.20. The van der Waals surface area contributed by atoms with Crippen molar-refractivity contribution in [2.75, 3.05) is 0 Å². The highest BCUT2D eigenvalue weighted by atomic mass is 16.5. The Hall–Kier alpha value is -1.64. The lowest BCUT2D eigenvalue weighted by Crippen LogP contribution is -2.35. The SMILES string of the molecule is [C-]#[N+]C1=CC(O)C(O)(/C=C/OC=O)C1. The van der Waals surface area contributed by atoms with Gasteiger partial charge in [-0.3, -0.25) is 4.79 Å². The summed E-state index contributed by atoms with van der Waals surface area (Å²) in [6.07, 6.45) is 2.30. The van der Waals surface area contributed by atoms with Gasteiger partial charge in [0.1, 0.15) is 5.60 Å². The number of aliphatic hydroxyl groups excluding tert-OH is 1. The van der Waals surface area contributed by atoms with Gasteiger partial charge in [0.05, 0.1) is 18.9 Å². The van der Waals surface area contributed by atoms with Crippen molar-refractivity contribution >= 4 is 6.47 Å². The number of nitrogens with zero attached hydrogens (tertiary/aromatic N) is 1. The smallest absolute Gasteiger partial charge is 0.297 e. The van der Waals surface area contributed by atoms with E-state index in [-0.39, 0.29) is 18.6 Å². The first kappa shape index (κ1) is 10.4. The lowest BCUT2D eigenvalue weighted by molar-refractivity contribution is -0.123. The zero-order valence-electron chi connectivity index (χ0n) is 7.25. The lowest BCUT2D eigenvalue weighted by atomic mass is 9.99. The van der Waals surface area contributed by atoms with Crippen molar-refractivity contribution in [2.24, 2.45) is 0 Å². The first-order valence-corrected chi connectivity index (χ1v) is 3.88. The molecule has 0 amide bonds. The summed E-state index contributed by atoms with van der Waals surface area (Å²) in [6.45, 7) is 6.90. The number of hydrogen-bond donors (Lipinski definition) is 2. The molecule has 0 fully saturated rings. The van der Waals surface area contributed by atoms with Gasteiger partial charge in [0, 0.05) is 6.42 Å². The van der Waals surface area contributed by atoms with E-state index >= 15 is 0 Å². The van der Waals surface area contributed by atoms with Gasteiger partial charge in [0.2, 0.25) is 0 Å². The topological polar surface area (TPSA) is 71.1 Å². The van der Waals surface area contributed by atoms with E-state index in [1.807, 2.05) is 0 Å². The van der Waals surface area contributed by atoms with Crippen LogP contribution < -0.4 is 0 Å². The van der Waals surface area contributed by atoms with E-state index in [0.29, 0.717) is 0 Å². The molecule has 1 rings (SSSR count). The zero-order valence-corrected chi connectivity index (χ0v) is 7.25. The molecule has 74 valence electrons. The Morgan fingerprint density at radius 3 is 3.00 bits per heavy atom. The molecule has 0 aromatic rings. The molecule has 0 heterocycles.